The Morgan fingerprint density at radius 3 is 2.75 bits per heavy atom. The van der Waals surface area contributed by atoms with Crippen LogP contribution in [0, 0.1) is 5.82 Å². The number of hydrogen-bond donors (Lipinski definition) is 1. The highest BCUT2D eigenvalue weighted by molar-refractivity contribution is 5.74. The van der Waals surface area contributed by atoms with Gasteiger partial charge in [-0.05, 0) is 37.0 Å². The molecule has 3 rings (SSSR count). The Labute approximate surface area is 142 Å². The van der Waals surface area contributed by atoms with Crippen molar-refractivity contribution in [1.29, 1.82) is 0 Å². The molecule has 1 unspecified atom stereocenters. The van der Waals surface area contributed by atoms with Gasteiger partial charge in [0.15, 0.2) is 0 Å². The zero-order chi connectivity index (χ0) is 17.0. The Morgan fingerprint density at radius 2 is 2.08 bits per heavy atom. The van der Waals surface area contributed by atoms with Gasteiger partial charge in [-0.15, -0.1) is 0 Å². The summed E-state index contributed by atoms with van der Waals surface area (Å²) in [6.07, 6.45) is 3.81. The highest BCUT2D eigenvalue weighted by atomic mass is 19.1. The molecule has 0 saturated carbocycles. The van der Waals surface area contributed by atoms with Crippen molar-refractivity contribution in [2.24, 2.45) is 0 Å². The first kappa shape index (κ1) is 17.2. The Balaban J connectivity index is 1.47. The number of rotatable bonds is 3. The quantitative estimate of drug-likeness (QED) is 0.923. The fourth-order valence-corrected chi connectivity index (χ4v) is 3.54. The number of benzene rings is 1. The first-order valence-electron chi connectivity index (χ1n) is 8.54. The first-order chi connectivity index (χ1) is 11.6. The first-order valence-corrected chi connectivity index (χ1v) is 8.54. The van der Waals surface area contributed by atoms with E-state index in [1.165, 1.54) is 12.1 Å². The molecule has 1 aromatic rings. The second-order valence-corrected chi connectivity index (χ2v) is 6.65. The maximum Gasteiger partial charge on any atom is 0.317 e. The average Bonchev–Trinajstić information content (AvgIpc) is 2.61. The smallest absolute Gasteiger partial charge is 0.317 e. The molecule has 0 radical (unpaired) electrons. The number of likely N-dealkylation sites (tertiary alicyclic amines) is 1. The number of hydrogen-bond acceptors (Lipinski definition) is 3. The summed E-state index contributed by atoms with van der Waals surface area (Å²) in [7, 11) is 1.75. The predicted octanol–water partition coefficient (Wildman–Crippen LogP) is 2.70. The number of carbonyl (C=O) groups is 1. The normalized spacial score (nSPS) is 23.2. The Hall–Kier alpha value is -1.66. The van der Waals surface area contributed by atoms with Crippen LogP contribution < -0.4 is 5.32 Å². The number of ether oxygens (including phenoxy) is 2. The number of nitrogens with one attached hydrogen (secondary N) is 1. The largest absolute Gasteiger partial charge is 0.381 e. The molecule has 1 atom stereocenters. The number of amides is 2. The van der Waals surface area contributed by atoms with Gasteiger partial charge in [0, 0.05) is 39.8 Å². The lowest BCUT2D eigenvalue weighted by Gasteiger charge is -2.45. The standard InChI is InChI=1S/C18H25FN2O3/c1-23-16-6-11-24-18(12-16)7-9-21(10-8-18)17(22)20-13-14-2-4-15(19)5-3-14/h2-5,16H,6-13H2,1H3,(H,20,22). The minimum Gasteiger partial charge on any atom is -0.381 e. The number of urea groups is 1. The van der Waals surface area contributed by atoms with Crippen LogP contribution in [-0.4, -0.2) is 49.4 Å². The Bertz CT molecular complexity index is 556. The molecule has 2 aliphatic heterocycles. The highest BCUT2D eigenvalue weighted by Crippen LogP contribution is 2.35. The molecular weight excluding hydrogens is 311 g/mol. The SMILES string of the molecule is COC1CCOC2(CCN(C(=O)NCc3ccc(F)cc3)CC2)C1. The summed E-state index contributed by atoms with van der Waals surface area (Å²) in [5.41, 5.74) is 0.754. The molecule has 5 nitrogen and oxygen atoms in total. The molecule has 0 bridgehead atoms. The van der Waals surface area contributed by atoms with E-state index in [1.807, 2.05) is 4.90 Å². The van der Waals surface area contributed by atoms with Crippen LogP contribution in [0.2, 0.25) is 0 Å². The van der Waals surface area contributed by atoms with E-state index >= 15 is 0 Å². The molecule has 2 saturated heterocycles. The molecule has 2 amide bonds. The zero-order valence-corrected chi connectivity index (χ0v) is 14.1. The van der Waals surface area contributed by atoms with Gasteiger partial charge in [-0.25, -0.2) is 9.18 Å². The zero-order valence-electron chi connectivity index (χ0n) is 14.1. The van der Waals surface area contributed by atoms with E-state index in [-0.39, 0.29) is 23.6 Å². The van der Waals surface area contributed by atoms with Crippen molar-refractivity contribution in [3.8, 4) is 0 Å². The van der Waals surface area contributed by atoms with E-state index in [0.717, 1.165) is 37.9 Å². The second-order valence-electron chi connectivity index (χ2n) is 6.65. The summed E-state index contributed by atoms with van der Waals surface area (Å²) in [5.74, 6) is -0.270. The lowest BCUT2D eigenvalue weighted by Crippen LogP contribution is -2.53. The van der Waals surface area contributed by atoms with Crippen molar-refractivity contribution >= 4 is 6.03 Å². The third-order valence-corrected chi connectivity index (χ3v) is 5.10. The summed E-state index contributed by atoms with van der Waals surface area (Å²) in [4.78, 5) is 14.1. The number of carbonyl (C=O) groups excluding carboxylic acids is 1. The van der Waals surface area contributed by atoms with Crippen molar-refractivity contribution in [3.63, 3.8) is 0 Å². The molecule has 6 heteroatoms. The van der Waals surface area contributed by atoms with Crippen molar-refractivity contribution in [2.75, 3.05) is 26.8 Å². The van der Waals surface area contributed by atoms with Crippen molar-refractivity contribution in [2.45, 2.75) is 43.9 Å². The van der Waals surface area contributed by atoms with E-state index in [4.69, 9.17) is 9.47 Å². The molecule has 0 aliphatic carbocycles. The number of nitrogens with zero attached hydrogens (tertiary/aromatic N) is 1. The van der Waals surface area contributed by atoms with Gasteiger partial charge in [0.2, 0.25) is 0 Å². The third-order valence-electron chi connectivity index (χ3n) is 5.10. The fourth-order valence-electron chi connectivity index (χ4n) is 3.54. The van der Waals surface area contributed by atoms with Crippen molar-refractivity contribution in [1.82, 2.24) is 10.2 Å². The van der Waals surface area contributed by atoms with Crippen LogP contribution >= 0.6 is 0 Å². The van der Waals surface area contributed by atoms with Gasteiger partial charge in [0.05, 0.1) is 11.7 Å². The van der Waals surface area contributed by atoms with Crippen LogP contribution in [0.3, 0.4) is 0 Å². The van der Waals surface area contributed by atoms with E-state index < -0.39 is 0 Å². The van der Waals surface area contributed by atoms with Gasteiger partial charge in [-0.2, -0.15) is 0 Å². The van der Waals surface area contributed by atoms with E-state index in [0.29, 0.717) is 19.6 Å². The van der Waals surface area contributed by atoms with Crippen LogP contribution in [0.4, 0.5) is 9.18 Å². The van der Waals surface area contributed by atoms with Gasteiger partial charge in [0.1, 0.15) is 5.82 Å². The minimum absolute atomic E-state index is 0.0757. The molecule has 0 aromatic heterocycles. The lowest BCUT2D eigenvalue weighted by atomic mass is 9.83. The molecule has 2 fully saturated rings. The average molecular weight is 336 g/mol. The van der Waals surface area contributed by atoms with Gasteiger partial charge in [-0.3, -0.25) is 0 Å². The predicted molar refractivity (Wildman–Crippen MR) is 88.2 cm³/mol. The van der Waals surface area contributed by atoms with Crippen LogP contribution in [0.1, 0.15) is 31.2 Å². The van der Waals surface area contributed by atoms with E-state index in [2.05, 4.69) is 5.32 Å². The maximum atomic E-state index is 12.9. The molecule has 2 heterocycles. The molecule has 1 spiro atoms. The Kier molecular flexibility index (Phi) is 5.36. The maximum absolute atomic E-state index is 12.9. The number of piperidine rings is 1. The summed E-state index contributed by atoms with van der Waals surface area (Å²) in [5, 5.41) is 2.90. The molecule has 24 heavy (non-hydrogen) atoms. The van der Waals surface area contributed by atoms with E-state index in [9.17, 15) is 9.18 Å². The third kappa shape index (κ3) is 4.05. The van der Waals surface area contributed by atoms with Crippen molar-refractivity contribution in [3.05, 3.63) is 35.6 Å². The molecule has 132 valence electrons. The van der Waals surface area contributed by atoms with Crippen LogP contribution in [0.25, 0.3) is 0 Å². The number of halogens is 1. The van der Waals surface area contributed by atoms with Gasteiger partial charge in [0.25, 0.3) is 0 Å². The fraction of sp³-hybridized carbons (Fsp3) is 0.611. The lowest BCUT2D eigenvalue weighted by molar-refractivity contribution is -0.145. The van der Waals surface area contributed by atoms with E-state index in [1.54, 1.807) is 19.2 Å². The monoisotopic (exact) mass is 336 g/mol. The van der Waals surface area contributed by atoms with Gasteiger partial charge in [-0.1, -0.05) is 12.1 Å². The topological polar surface area (TPSA) is 50.8 Å². The summed E-state index contributed by atoms with van der Waals surface area (Å²) in [6, 6.07) is 6.09. The van der Waals surface area contributed by atoms with Crippen LogP contribution in [0.15, 0.2) is 24.3 Å². The highest BCUT2D eigenvalue weighted by Gasteiger charge is 2.41. The van der Waals surface area contributed by atoms with Gasteiger partial charge >= 0.3 is 6.03 Å². The van der Waals surface area contributed by atoms with Crippen LogP contribution in [-0.2, 0) is 16.0 Å². The minimum atomic E-state index is -0.270. The summed E-state index contributed by atoms with van der Waals surface area (Å²) in [6.45, 7) is 2.51. The van der Waals surface area contributed by atoms with Crippen molar-refractivity contribution < 1.29 is 18.7 Å². The molecule has 2 aliphatic rings. The van der Waals surface area contributed by atoms with Crippen LogP contribution in [0.5, 0.6) is 0 Å². The summed E-state index contributed by atoms with van der Waals surface area (Å²) >= 11 is 0. The molecular formula is C18H25FN2O3. The van der Waals surface area contributed by atoms with Gasteiger partial charge < -0.3 is 19.7 Å². The summed E-state index contributed by atoms with van der Waals surface area (Å²) < 4.78 is 24.4. The Morgan fingerprint density at radius 1 is 1.38 bits per heavy atom. The number of methoxy groups -OCH3 is 1. The molecule has 1 aromatic carbocycles. The molecule has 1 N–H and O–H groups in total. The second kappa shape index (κ2) is 7.49.